The monoisotopic (exact) mass is 330 g/mol. The molecule has 0 radical (unpaired) electrons. The van der Waals surface area contributed by atoms with E-state index in [-0.39, 0.29) is 5.41 Å². The third-order valence-electron chi connectivity index (χ3n) is 8.45. The van der Waals surface area contributed by atoms with Crippen LogP contribution in [0.25, 0.3) is 0 Å². The number of carbonyl (C=O) groups excluding carboxylic acids is 1. The Morgan fingerprint density at radius 3 is 2.71 bits per heavy atom. The molecule has 0 spiro atoms. The van der Waals surface area contributed by atoms with Gasteiger partial charge in [0.15, 0.2) is 0 Å². The van der Waals surface area contributed by atoms with Crippen molar-refractivity contribution in [3.8, 4) is 0 Å². The molecule has 0 aromatic heterocycles. The summed E-state index contributed by atoms with van der Waals surface area (Å²) in [6.07, 6.45) is 12.3. The molecule has 0 aliphatic heterocycles. The molecule has 7 atom stereocenters. The molecule has 24 heavy (non-hydrogen) atoms. The zero-order chi connectivity index (χ0) is 17.1. The molecule has 4 aliphatic carbocycles. The zero-order valence-corrected chi connectivity index (χ0v) is 15.7. The van der Waals surface area contributed by atoms with Crippen molar-refractivity contribution in [2.45, 2.75) is 84.2 Å². The van der Waals surface area contributed by atoms with Crippen LogP contribution in [0.15, 0.2) is 11.6 Å². The fraction of sp³-hybridized carbons (Fsp3) is 0.864. The van der Waals surface area contributed by atoms with Crippen molar-refractivity contribution in [1.82, 2.24) is 0 Å². The lowest BCUT2D eigenvalue weighted by Crippen LogP contribution is -2.48. The average molecular weight is 331 g/mol. The molecule has 0 heterocycles. The molecule has 3 saturated carbocycles. The Morgan fingerprint density at radius 2 is 1.96 bits per heavy atom. The lowest BCUT2D eigenvalue weighted by Gasteiger charge is -2.54. The smallest absolute Gasteiger partial charge is 0.136 e. The van der Waals surface area contributed by atoms with Gasteiger partial charge in [0, 0.05) is 12.3 Å². The molecule has 0 aromatic carbocycles. The standard InChI is InChI=1S/C22H34O2/c1-4-20(23)19-8-7-18-17-6-5-14-13-21(2,24)11-9-15(14)16(17)10-12-22(18,19)3/h5,15-19,24H,4,6-13H2,1-3H3/t15-,16+,17+,18-,19+,21+,22-/m0/s1. The van der Waals surface area contributed by atoms with Gasteiger partial charge in [0.25, 0.3) is 0 Å². The molecular formula is C22H34O2. The minimum absolute atomic E-state index is 0.264. The van der Waals surface area contributed by atoms with E-state index in [1.165, 1.54) is 32.1 Å². The summed E-state index contributed by atoms with van der Waals surface area (Å²) in [5.74, 6) is 3.90. The quantitative estimate of drug-likeness (QED) is 0.731. The predicted octanol–water partition coefficient (Wildman–Crippen LogP) is 4.91. The largest absolute Gasteiger partial charge is 0.390 e. The number of hydrogen-bond acceptors (Lipinski definition) is 2. The highest BCUT2D eigenvalue weighted by molar-refractivity contribution is 5.82. The molecule has 2 heteroatoms. The molecule has 0 unspecified atom stereocenters. The molecule has 0 aromatic rings. The maximum Gasteiger partial charge on any atom is 0.136 e. The van der Waals surface area contributed by atoms with E-state index >= 15 is 0 Å². The van der Waals surface area contributed by atoms with Gasteiger partial charge >= 0.3 is 0 Å². The van der Waals surface area contributed by atoms with Crippen molar-refractivity contribution in [3.05, 3.63) is 11.6 Å². The summed E-state index contributed by atoms with van der Waals surface area (Å²) in [6, 6.07) is 0. The Hall–Kier alpha value is -0.630. The molecule has 0 amide bonds. The van der Waals surface area contributed by atoms with Gasteiger partial charge in [0.1, 0.15) is 5.78 Å². The van der Waals surface area contributed by atoms with Gasteiger partial charge in [-0.05, 0) is 87.4 Å². The SMILES string of the molecule is CCC(=O)[C@H]1CC[C@H]2[C@@H]3CC=C4C[C@](C)(O)CC[C@@H]4[C@H]3CC[C@]12C. The van der Waals surface area contributed by atoms with Gasteiger partial charge in [0.2, 0.25) is 0 Å². The molecule has 4 aliphatic rings. The van der Waals surface area contributed by atoms with E-state index in [9.17, 15) is 9.90 Å². The van der Waals surface area contributed by atoms with Gasteiger partial charge in [-0.2, -0.15) is 0 Å². The van der Waals surface area contributed by atoms with Crippen LogP contribution >= 0.6 is 0 Å². The topological polar surface area (TPSA) is 37.3 Å². The average Bonchev–Trinajstić information content (AvgIpc) is 2.90. The van der Waals surface area contributed by atoms with Crippen LogP contribution in [0.1, 0.15) is 78.6 Å². The van der Waals surface area contributed by atoms with Crippen LogP contribution in [0.3, 0.4) is 0 Å². The minimum atomic E-state index is -0.482. The lowest BCUT2D eigenvalue weighted by atomic mass is 9.51. The van der Waals surface area contributed by atoms with Crippen molar-refractivity contribution in [2.24, 2.45) is 35.0 Å². The minimum Gasteiger partial charge on any atom is -0.390 e. The maximum atomic E-state index is 12.5. The Balaban J connectivity index is 1.59. The third-order valence-corrected chi connectivity index (χ3v) is 8.45. The summed E-state index contributed by atoms with van der Waals surface area (Å²) in [4.78, 5) is 12.5. The van der Waals surface area contributed by atoms with Gasteiger partial charge in [-0.1, -0.05) is 25.5 Å². The van der Waals surface area contributed by atoms with Gasteiger partial charge < -0.3 is 5.11 Å². The van der Waals surface area contributed by atoms with Crippen LogP contribution in [-0.4, -0.2) is 16.5 Å². The predicted molar refractivity (Wildman–Crippen MR) is 96.5 cm³/mol. The Kier molecular flexibility index (Phi) is 3.99. The van der Waals surface area contributed by atoms with Crippen LogP contribution < -0.4 is 0 Å². The number of allylic oxidation sites excluding steroid dienone is 1. The van der Waals surface area contributed by atoms with Gasteiger partial charge in [-0.25, -0.2) is 0 Å². The number of Topliss-reactive ketones (excluding diaryl/α,β-unsaturated/α-hetero) is 1. The van der Waals surface area contributed by atoms with E-state index in [0.717, 1.165) is 42.9 Å². The van der Waals surface area contributed by atoms with Crippen LogP contribution in [0.5, 0.6) is 0 Å². The molecule has 0 bridgehead atoms. The van der Waals surface area contributed by atoms with Crippen molar-refractivity contribution < 1.29 is 9.90 Å². The van der Waals surface area contributed by atoms with Crippen LogP contribution in [-0.2, 0) is 4.79 Å². The third kappa shape index (κ3) is 2.43. The summed E-state index contributed by atoms with van der Waals surface area (Å²) >= 11 is 0. The molecule has 4 rings (SSSR count). The number of ketones is 1. The van der Waals surface area contributed by atoms with Crippen molar-refractivity contribution in [3.63, 3.8) is 0 Å². The first-order valence-corrected chi connectivity index (χ1v) is 10.3. The number of aliphatic hydroxyl groups is 1. The fourth-order valence-corrected chi connectivity index (χ4v) is 7.24. The van der Waals surface area contributed by atoms with E-state index in [1.54, 1.807) is 5.57 Å². The van der Waals surface area contributed by atoms with Crippen molar-refractivity contribution in [2.75, 3.05) is 0 Å². The molecule has 3 fully saturated rings. The van der Waals surface area contributed by atoms with E-state index in [0.29, 0.717) is 18.1 Å². The van der Waals surface area contributed by atoms with Gasteiger partial charge in [-0.15, -0.1) is 0 Å². The summed E-state index contributed by atoms with van der Waals surface area (Å²) in [7, 11) is 0. The first-order chi connectivity index (χ1) is 11.4. The van der Waals surface area contributed by atoms with E-state index < -0.39 is 5.60 Å². The molecular weight excluding hydrogens is 296 g/mol. The van der Waals surface area contributed by atoms with Crippen LogP contribution in [0.2, 0.25) is 0 Å². The Bertz CT molecular complexity index is 560. The van der Waals surface area contributed by atoms with E-state index in [4.69, 9.17) is 0 Å². The number of hydrogen-bond donors (Lipinski definition) is 1. The highest BCUT2D eigenvalue weighted by Gasteiger charge is 2.57. The van der Waals surface area contributed by atoms with Crippen molar-refractivity contribution in [1.29, 1.82) is 0 Å². The normalized spacial score (nSPS) is 50.5. The summed E-state index contributed by atoms with van der Waals surface area (Å²) in [5, 5.41) is 10.4. The number of rotatable bonds is 2. The molecule has 134 valence electrons. The van der Waals surface area contributed by atoms with E-state index in [1.807, 2.05) is 13.8 Å². The molecule has 0 saturated heterocycles. The maximum absolute atomic E-state index is 12.5. The van der Waals surface area contributed by atoms with Gasteiger partial charge in [0.05, 0.1) is 5.60 Å². The van der Waals surface area contributed by atoms with Crippen LogP contribution in [0, 0.1) is 35.0 Å². The second-order valence-electron chi connectivity index (χ2n) is 9.76. The highest BCUT2D eigenvalue weighted by Crippen LogP contribution is 2.63. The molecule has 2 nitrogen and oxygen atoms in total. The first kappa shape index (κ1) is 16.8. The fourth-order valence-electron chi connectivity index (χ4n) is 7.24. The number of carbonyl (C=O) groups is 1. The second kappa shape index (κ2) is 5.69. The van der Waals surface area contributed by atoms with Gasteiger partial charge in [-0.3, -0.25) is 4.79 Å². The Labute approximate surface area is 147 Å². The summed E-state index contributed by atoms with van der Waals surface area (Å²) in [6.45, 7) is 6.48. The second-order valence-corrected chi connectivity index (χ2v) is 9.76. The zero-order valence-electron chi connectivity index (χ0n) is 15.7. The molecule has 1 N–H and O–H groups in total. The summed E-state index contributed by atoms with van der Waals surface area (Å²) < 4.78 is 0. The lowest BCUT2D eigenvalue weighted by molar-refractivity contribution is -0.128. The van der Waals surface area contributed by atoms with Crippen LogP contribution in [0.4, 0.5) is 0 Å². The van der Waals surface area contributed by atoms with E-state index in [2.05, 4.69) is 13.0 Å². The summed E-state index contributed by atoms with van der Waals surface area (Å²) in [5.41, 5.74) is 1.33. The van der Waals surface area contributed by atoms with Crippen molar-refractivity contribution >= 4 is 5.78 Å². The first-order valence-electron chi connectivity index (χ1n) is 10.3. The number of fused-ring (bicyclic) bond motifs is 5. The Morgan fingerprint density at radius 1 is 1.17 bits per heavy atom. The highest BCUT2D eigenvalue weighted by atomic mass is 16.3.